The average Bonchev–Trinajstić information content (AvgIpc) is 3.14. The highest BCUT2D eigenvalue weighted by Gasteiger charge is 2.16. The molecule has 1 aromatic heterocycles. The smallest absolute Gasteiger partial charge is 0.193 e. The number of aliphatic imine (C=N–C) groups is 1. The van der Waals surface area contributed by atoms with Crippen molar-refractivity contribution in [2.45, 2.75) is 58.4 Å². The second-order valence-electron chi connectivity index (χ2n) is 8.57. The first-order valence-electron chi connectivity index (χ1n) is 11.2. The van der Waals surface area contributed by atoms with Crippen molar-refractivity contribution in [1.82, 2.24) is 20.0 Å². The molecule has 1 N–H and O–H groups in total. The van der Waals surface area contributed by atoms with Gasteiger partial charge in [-0.15, -0.1) is 0 Å². The first kappa shape index (κ1) is 23.3. The summed E-state index contributed by atoms with van der Waals surface area (Å²) in [5.74, 6) is 1.26. The molecule has 170 valence electrons. The van der Waals surface area contributed by atoms with Crippen LogP contribution in [0.5, 0.6) is 0 Å². The molecule has 0 radical (unpaired) electrons. The lowest BCUT2D eigenvalue weighted by Crippen LogP contribution is -2.38. The van der Waals surface area contributed by atoms with Gasteiger partial charge in [-0.1, -0.05) is 38.1 Å². The fraction of sp³-hybridized carbons (Fsp3) is 0.583. The minimum absolute atomic E-state index is 0.311. The monoisotopic (exact) mass is 427 g/mol. The number of aromatic nitrogens is 2. The molecule has 2 aromatic rings. The molecule has 7 nitrogen and oxygen atoms in total. The SMILES string of the molecule is CN=C(NCc1cccc(COC2CCOCC2)c1)N(C)Cc1cn(C)nc1C(C)C. The van der Waals surface area contributed by atoms with E-state index in [4.69, 9.17) is 9.47 Å². The molecule has 0 atom stereocenters. The zero-order valence-electron chi connectivity index (χ0n) is 19.6. The van der Waals surface area contributed by atoms with Gasteiger partial charge < -0.3 is 19.7 Å². The predicted octanol–water partition coefficient (Wildman–Crippen LogP) is 3.45. The number of ether oxygens (including phenoxy) is 2. The molecule has 0 unspecified atom stereocenters. The van der Waals surface area contributed by atoms with Gasteiger partial charge in [-0.2, -0.15) is 5.10 Å². The summed E-state index contributed by atoms with van der Waals surface area (Å²) >= 11 is 0. The lowest BCUT2D eigenvalue weighted by atomic mass is 10.1. The van der Waals surface area contributed by atoms with Gasteiger partial charge in [-0.25, -0.2) is 0 Å². The molecule has 0 amide bonds. The molecule has 2 heterocycles. The molecule has 1 saturated heterocycles. The minimum Gasteiger partial charge on any atom is -0.381 e. The van der Waals surface area contributed by atoms with Crippen LogP contribution in [0.3, 0.4) is 0 Å². The van der Waals surface area contributed by atoms with E-state index in [9.17, 15) is 0 Å². The third-order valence-corrected chi connectivity index (χ3v) is 5.56. The molecule has 1 fully saturated rings. The van der Waals surface area contributed by atoms with E-state index < -0.39 is 0 Å². The van der Waals surface area contributed by atoms with Gasteiger partial charge in [0.15, 0.2) is 5.96 Å². The van der Waals surface area contributed by atoms with Crippen molar-refractivity contribution in [3.63, 3.8) is 0 Å². The number of guanidine groups is 1. The lowest BCUT2D eigenvalue weighted by molar-refractivity contribution is -0.0390. The highest BCUT2D eigenvalue weighted by molar-refractivity contribution is 5.79. The van der Waals surface area contributed by atoms with E-state index in [0.717, 1.165) is 44.3 Å². The maximum absolute atomic E-state index is 6.07. The van der Waals surface area contributed by atoms with Crippen LogP contribution in [0.4, 0.5) is 0 Å². The second kappa shape index (κ2) is 11.3. The van der Waals surface area contributed by atoms with Crippen molar-refractivity contribution in [1.29, 1.82) is 0 Å². The average molecular weight is 428 g/mol. The molecule has 3 rings (SSSR count). The fourth-order valence-corrected chi connectivity index (χ4v) is 3.95. The summed E-state index contributed by atoms with van der Waals surface area (Å²) in [5, 5.41) is 8.10. The third-order valence-electron chi connectivity index (χ3n) is 5.56. The van der Waals surface area contributed by atoms with Crippen LogP contribution in [-0.4, -0.2) is 54.1 Å². The Bertz CT molecular complexity index is 855. The molecule has 0 aliphatic carbocycles. The Morgan fingerprint density at radius 3 is 2.77 bits per heavy atom. The van der Waals surface area contributed by atoms with Gasteiger partial charge in [0.05, 0.1) is 18.4 Å². The fourth-order valence-electron chi connectivity index (χ4n) is 3.95. The normalized spacial score (nSPS) is 15.5. The quantitative estimate of drug-likeness (QED) is 0.516. The van der Waals surface area contributed by atoms with E-state index in [-0.39, 0.29) is 0 Å². The van der Waals surface area contributed by atoms with Crippen molar-refractivity contribution in [3.8, 4) is 0 Å². The predicted molar refractivity (Wildman–Crippen MR) is 124 cm³/mol. The summed E-state index contributed by atoms with van der Waals surface area (Å²) < 4.78 is 13.4. The van der Waals surface area contributed by atoms with Crippen LogP contribution in [-0.2, 0) is 36.2 Å². The molecule has 1 aromatic carbocycles. The van der Waals surface area contributed by atoms with Crippen molar-refractivity contribution in [2.24, 2.45) is 12.0 Å². The van der Waals surface area contributed by atoms with Gasteiger partial charge in [-0.05, 0) is 29.9 Å². The van der Waals surface area contributed by atoms with E-state index >= 15 is 0 Å². The first-order chi connectivity index (χ1) is 15.0. The van der Waals surface area contributed by atoms with Crippen LogP contribution < -0.4 is 5.32 Å². The zero-order chi connectivity index (χ0) is 22.2. The van der Waals surface area contributed by atoms with Crippen LogP contribution in [0.1, 0.15) is 55.0 Å². The summed E-state index contributed by atoms with van der Waals surface area (Å²) in [6, 6.07) is 8.56. The van der Waals surface area contributed by atoms with Gasteiger partial charge >= 0.3 is 0 Å². The molecule has 7 heteroatoms. The zero-order valence-corrected chi connectivity index (χ0v) is 19.6. The van der Waals surface area contributed by atoms with Crippen molar-refractivity contribution >= 4 is 5.96 Å². The largest absolute Gasteiger partial charge is 0.381 e. The highest BCUT2D eigenvalue weighted by Crippen LogP contribution is 2.19. The van der Waals surface area contributed by atoms with Gasteiger partial charge in [0.2, 0.25) is 0 Å². The Hall–Kier alpha value is -2.38. The Kier molecular flexibility index (Phi) is 8.49. The molecule has 1 aliphatic heterocycles. The van der Waals surface area contributed by atoms with Crippen LogP contribution >= 0.6 is 0 Å². The van der Waals surface area contributed by atoms with Gasteiger partial charge in [0.25, 0.3) is 0 Å². The maximum Gasteiger partial charge on any atom is 0.193 e. The van der Waals surface area contributed by atoms with E-state index in [1.807, 2.05) is 18.8 Å². The number of rotatable bonds is 8. The number of benzene rings is 1. The number of hydrogen-bond donors (Lipinski definition) is 1. The third kappa shape index (κ3) is 6.80. The lowest BCUT2D eigenvalue weighted by Gasteiger charge is -2.23. The van der Waals surface area contributed by atoms with Crippen molar-refractivity contribution in [3.05, 3.63) is 52.8 Å². The maximum atomic E-state index is 6.07. The van der Waals surface area contributed by atoms with Crippen LogP contribution in [0.15, 0.2) is 35.5 Å². The molecule has 0 saturated carbocycles. The standard InChI is InChI=1S/C24H37N5O2/c1-18(2)23-21(16-29(5)27-23)15-28(4)24(25-3)26-14-19-7-6-8-20(13-19)17-31-22-9-11-30-12-10-22/h6-8,13,16,18,22H,9-12,14-15,17H2,1-5H3,(H,25,26). The second-order valence-corrected chi connectivity index (χ2v) is 8.57. The van der Waals surface area contributed by atoms with E-state index in [0.29, 0.717) is 25.2 Å². The van der Waals surface area contributed by atoms with E-state index in [1.54, 1.807) is 0 Å². The van der Waals surface area contributed by atoms with Crippen molar-refractivity contribution in [2.75, 3.05) is 27.3 Å². The number of aryl methyl sites for hydroxylation is 1. The van der Waals surface area contributed by atoms with Crippen LogP contribution in [0, 0.1) is 0 Å². The number of hydrogen-bond acceptors (Lipinski definition) is 4. The van der Waals surface area contributed by atoms with E-state index in [1.165, 1.54) is 16.7 Å². The summed E-state index contributed by atoms with van der Waals surface area (Å²) in [4.78, 5) is 6.61. The first-order valence-corrected chi connectivity index (χ1v) is 11.2. The highest BCUT2D eigenvalue weighted by atomic mass is 16.5. The molecule has 1 aliphatic rings. The van der Waals surface area contributed by atoms with Gasteiger partial charge in [0.1, 0.15) is 0 Å². The Balaban J connectivity index is 1.54. The molecule has 31 heavy (non-hydrogen) atoms. The van der Waals surface area contributed by atoms with E-state index in [2.05, 4.69) is 71.7 Å². The molecule has 0 bridgehead atoms. The van der Waals surface area contributed by atoms with Crippen molar-refractivity contribution < 1.29 is 9.47 Å². The molecular formula is C24H37N5O2. The Labute approximate surface area is 186 Å². The summed E-state index contributed by atoms with van der Waals surface area (Å²) in [6.45, 7) is 8.09. The Morgan fingerprint density at radius 1 is 1.32 bits per heavy atom. The summed E-state index contributed by atoms with van der Waals surface area (Å²) in [5.41, 5.74) is 4.79. The minimum atomic E-state index is 0.311. The van der Waals surface area contributed by atoms with Crippen LogP contribution in [0.2, 0.25) is 0 Å². The van der Waals surface area contributed by atoms with Gasteiger partial charge in [0, 0.05) is 59.2 Å². The summed E-state index contributed by atoms with van der Waals surface area (Å²) in [6.07, 6.45) is 4.38. The van der Waals surface area contributed by atoms with Crippen LogP contribution in [0.25, 0.3) is 0 Å². The number of nitrogens with one attached hydrogen (secondary N) is 1. The Morgan fingerprint density at radius 2 is 2.06 bits per heavy atom. The summed E-state index contributed by atoms with van der Waals surface area (Å²) in [7, 11) is 5.86. The molecular weight excluding hydrogens is 390 g/mol. The topological polar surface area (TPSA) is 63.9 Å². The number of nitrogens with zero attached hydrogens (tertiary/aromatic N) is 4. The molecule has 0 spiro atoms. The van der Waals surface area contributed by atoms with Gasteiger partial charge in [-0.3, -0.25) is 9.67 Å².